The first kappa shape index (κ1) is 8.28. The van der Waals surface area contributed by atoms with Gasteiger partial charge in [0.25, 0.3) is 5.89 Å². The zero-order valence-electron chi connectivity index (χ0n) is 6.26. The molecule has 0 atom stereocenters. The van der Waals surface area contributed by atoms with Gasteiger partial charge in [-0.25, -0.2) is 0 Å². The Labute approximate surface area is 73.4 Å². The standard InChI is InChI=1S/C7H7BrN2O/c1-4(2)7-10-6(9-3)5(8)11-7/h4H,1-2H3. The highest BCUT2D eigenvalue weighted by Crippen LogP contribution is 2.28. The van der Waals surface area contributed by atoms with Gasteiger partial charge in [0.1, 0.15) is 0 Å². The maximum absolute atomic E-state index is 6.71. The Morgan fingerprint density at radius 3 is 2.55 bits per heavy atom. The molecular weight excluding hydrogens is 208 g/mol. The van der Waals surface area contributed by atoms with E-state index in [1.807, 2.05) is 13.8 Å². The van der Waals surface area contributed by atoms with E-state index >= 15 is 0 Å². The van der Waals surface area contributed by atoms with Crippen LogP contribution in [0.3, 0.4) is 0 Å². The number of aromatic nitrogens is 1. The Balaban J connectivity index is 3.07. The first-order chi connectivity index (χ1) is 5.15. The Morgan fingerprint density at radius 2 is 2.27 bits per heavy atom. The number of rotatable bonds is 1. The predicted molar refractivity (Wildman–Crippen MR) is 44.6 cm³/mol. The molecule has 1 aromatic heterocycles. The summed E-state index contributed by atoms with van der Waals surface area (Å²) in [5.74, 6) is 1.12. The fourth-order valence-electron chi connectivity index (χ4n) is 0.625. The van der Waals surface area contributed by atoms with Crippen LogP contribution in [-0.2, 0) is 0 Å². The third kappa shape index (κ3) is 1.60. The molecule has 0 radical (unpaired) electrons. The molecule has 0 saturated carbocycles. The minimum absolute atomic E-state index is 0.224. The van der Waals surface area contributed by atoms with E-state index in [4.69, 9.17) is 11.0 Å². The highest BCUT2D eigenvalue weighted by Gasteiger charge is 2.15. The average molecular weight is 215 g/mol. The third-order valence-electron chi connectivity index (χ3n) is 1.19. The van der Waals surface area contributed by atoms with Crippen molar-refractivity contribution in [3.8, 4) is 0 Å². The molecule has 0 aliphatic rings. The summed E-state index contributed by atoms with van der Waals surface area (Å²) in [6, 6.07) is 0. The van der Waals surface area contributed by atoms with E-state index in [0.29, 0.717) is 16.4 Å². The lowest BCUT2D eigenvalue weighted by Gasteiger charge is -1.89. The summed E-state index contributed by atoms with van der Waals surface area (Å²) in [5.41, 5.74) is 0. The van der Waals surface area contributed by atoms with Gasteiger partial charge in [0, 0.05) is 0 Å². The van der Waals surface area contributed by atoms with Gasteiger partial charge in [-0.3, -0.25) is 0 Å². The van der Waals surface area contributed by atoms with Crippen LogP contribution in [0.5, 0.6) is 0 Å². The van der Waals surface area contributed by atoms with Crippen molar-refractivity contribution < 1.29 is 4.42 Å². The van der Waals surface area contributed by atoms with Gasteiger partial charge in [-0.05, 0) is 15.9 Å². The van der Waals surface area contributed by atoms with Gasteiger partial charge >= 0.3 is 5.82 Å². The molecule has 0 N–H and O–H groups in total. The van der Waals surface area contributed by atoms with Crippen LogP contribution < -0.4 is 0 Å². The first-order valence-corrected chi connectivity index (χ1v) is 3.98. The summed E-state index contributed by atoms with van der Waals surface area (Å²) < 4.78 is 5.59. The van der Waals surface area contributed by atoms with Crippen LogP contribution in [-0.4, -0.2) is 4.98 Å². The van der Waals surface area contributed by atoms with Crippen molar-refractivity contribution in [2.24, 2.45) is 0 Å². The average Bonchev–Trinajstić information content (AvgIpc) is 2.31. The van der Waals surface area contributed by atoms with Gasteiger partial charge in [0.15, 0.2) is 0 Å². The predicted octanol–water partition coefficient (Wildman–Crippen LogP) is 3.11. The summed E-state index contributed by atoms with van der Waals surface area (Å²) in [4.78, 5) is 7.13. The van der Waals surface area contributed by atoms with Crippen molar-refractivity contribution in [2.45, 2.75) is 19.8 Å². The number of oxazole rings is 1. The van der Waals surface area contributed by atoms with Gasteiger partial charge in [-0.15, -0.1) is 0 Å². The van der Waals surface area contributed by atoms with Crippen molar-refractivity contribution in [3.63, 3.8) is 0 Å². The second-order valence-corrected chi connectivity index (χ2v) is 3.14. The van der Waals surface area contributed by atoms with Crippen molar-refractivity contribution in [2.75, 3.05) is 0 Å². The normalized spacial score (nSPS) is 10.1. The van der Waals surface area contributed by atoms with Gasteiger partial charge in [-0.1, -0.05) is 25.4 Å². The van der Waals surface area contributed by atoms with Crippen molar-refractivity contribution in [3.05, 3.63) is 22.0 Å². The van der Waals surface area contributed by atoms with Gasteiger partial charge < -0.3 is 9.26 Å². The zero-order chi connectivity index (χ0) is 8.43. The smallest absolute Gasteiger partial charge is 0.323 e. The fourth-order valence-corrected chi connectivity index (χ4v) is 0.968. The Morgan fingerprint density at radius 1 is 1.64 bits per heavy atom. The number of halogens is 1. The van der Waals surface area contributed by atoms with Crippen LogP contribution in [0, 0.1) is 6.57 Å². The van der Waals surface area contributed by atoms with Crippen molar-refractivity contribution in [1.82, 2.24) is 4.98 Å². The van der Waals surface area contributed by atoms with E-state index in [2.05, 4.69) is 25.8 Å². The minimum atomic E-state index is 0.224. The summed E-state index contributed by atoms with van der Waals surface area (Å²) in [6.07, 6.45) is 0. The summed E-state index contributed by atoms with van der Waals surface area (Å²) >= 11 is 3.10. The Hall–Kier alpha value is -0.820. The van der Waals surface area contributed by atoms with Crippen LogP contribution in [0.15, 0.2) is 9.09 Å². The van der Waals surface area contributed by atoms with Crippen LogP contribution in [0.1, 0.15) is 25.7 Å². The Kier molecular flexibility index (Phi) is 2.30. The van der Waals surface area contributed by atoms with Gasteiger partial charge in [-0.2, -0.15) is 0 Å². The van der Waals surface area contributed by atoms with E-state index in [1.165, 1.54) is 0 Å². The minimum Gasteiger partial charge on any atom is -0.427 e. The highest BCUT2D eigenvalue weighted by atomic mass is 79.9. The molecule has 0 aromatic carbocycles. The molecule has 1 rings (SSSR count). The monoisotopic (exact) mass is 214 g/mol. The molecule has 4 heteroatoms. The molecule has 0 bridgehead atoms. The second-order valence-electron chi connectivity index (χ2n) is 2.42. The molecule has 11 heavy (non-hydrogen) atoms. The quantitative estimate of drug-likeness (QED) is 0.673. The largest absolute Gasteiger partial charge is 0.427 e. The highest BCUT2D eigenvalue weighted by molar-refractivity contribution is 9.10. The topological polar surface area (TPSA) is 30.4 Å². The number of hydrogen-bond acceptors (Lipinski definition) is 2. The van der Waals surface area contributed by atoms with Crippen LogP contribution in [0.2, 0.25) is 0 Å². The lowest BCUT2D eigenvalue weighted by atomic mass is 10.2. The van der Waals surface area contributed by atoms with E-state index in [0.717, 1.165) is 0 Å². The molecule has 0 saturated heterocycles. The zero-order valence-corrected chi connectivity index (χ0v) is 7.84. The SMILES string of the molecule is [C-]#[N+]c1nc(C(C)C)oc1Br. The maximum atomic E-state index is 6.71. The van der Waals surface area contributed by atoms with E-state index in [9.17, 15) is 0 Å². The molecule has 0 amide bonds. The molecule has 1 aromatic rings. The molecule has 1 heterocycles. The van der Waals surface area contributed by atoms with Crippen molar-refractivity contribution in [1.29, 1.82) is 0 Å². The molecule has 0 unspecified atom stereocenters. The lowest BCUT2D eigenvalue weighted by Crippen LogP contribution is -1.84. The van der Waals surface area contributed by atoms with Crippen LogP contribution in [0.25, 0.3) is 4.85 Å². The van der Waals surface area contributed by atoms with Crippen LogP contribution >= 0.6 is 15.9 Å². The number of hydrogen-bond donors (Lipinski definition) is 0. The van der Waals surface area contributed by atoms with Gasteiger partial charge in [0.05, 0.1) is 5.92 Å². The summed E-state index contributed by atoms with van der Waals surface area (Å²) in [7, 11) is 0. The van der Waals surface area contributed by atoms with Crippen molar-refractivity contribution >= 4 is 21.7 Å². The molecule has 0 aliphatic carbocycles. The molecule has 3 nitrogen and oxygen atoms in total. The van der Waals surface area contributed by atoms with Crippen LogP contribution in [0.4, 0.5) is 5.82 Å². The molecule has 0 aliphatic heterocycles. The molecule has 0 fully saturated rings. The third-order valence-corrected chi connectivity index (χ3v) is 1.70. The fraction of sp³-hybridized carbons (Fsp3) is 0.429. The molecule has 58 valence electrons. The van der Waals surface area contributed by atoms with E-state index in [-0.39, 0.29) is 5.92 Å². The Bertz CT molecular complexity index is 298. The van der Waals surface area contributed by atoms with Gasteiger partial charge in [0.2, 0.25) is 4.67 Å². The number of nitrogens with zero attached hydrogens (tertiary/aromatic N) is 2. The molecule has 0 spiro atoms. The second kappa shape index (κ2) is 3.05. The summed E-state index contributed by atoms with van der Waals surface area (Å²) in [6.45, 7) is 10.6. The first-order valence-electron chi connectivity index (χ1n) is 3.19. The molecular formula is C7H7BrN2O. The van der Waals surface area contributed by atoms with E-state index in [1.54, 1.807) is 0 Å². The maximum Gasteiger partial charge on any atom is 0.323 e. The van der Waals surface area contributed by atoms with E-state index < -0.39 is 0 Å². The lowest BCUT2D eigenvalue weighted by molar-refractivity contribution is 0.454. The summed E-state index contributed by atoms with van der Waals surface area (Å²) in [5, 5.41) is 0.